The highest BCUT2D eigenvalue weighted by Gasteiger charge is 2.47. The Morgan fingerprint density at radius 1 is 1.24 bits per heavy atom. The fraction of sp³-hybridized carbons (Fsp3) is 0.600. The predicted molar refractivity (Wildman–Crippen MR) is 79.3 cm³/mol. The average Bonchev–Trinajstić information content (AvgIpc) is 2.42. The van der Waals surface area contributed by atoms with Crippen molar-refractivity contribution in [2.24, 2.45) is 11.8 Å². The first-order valence-electron chi connectivity index (χ1n) is 6.94. The summed E-state index contributed by atoms with van der Waals surface area (Å²) in [6.07, 6.45) is -1.99. The smallest absolute Gasteiger partial charge is 0.207 e. The molecular weight excluding hydrogens is 372 g/mol. The standard InChI is InChI=1S/C15H16BrClF4/c16-12(8-10-13(17)6-3-7-14(10)18)9-4-1-2-5-11(9)15(19,20)21/h3,6-7,9,11-12H,1-2,4-5,8H2. The maximum atomic E-state index is 13.8. The fourth-order valence-corrected chi connectivity index (χ4v) is 4.27. The molecule has 1 aliphatic carbocycles. The van der Waals surface area contributed by atoms with Gasteiger partial charge in [0.25, 0.3) is 0 Å². The summed E-state index contributed by atoms with van der Waals surface area (Å²) in [5.74, 6) is -2.32. The number of alkyl halides is 4. The molecule has 0 saturated heterocycles. The summed E-state index contributed by atoms with van der Waals surface area (Å²) >= 11 is 9.31. The van der Waals surface area contributed by atoms with Gasteiger partial charge in [-0.25, -0.2) is 4.39 Å². The Balaban J connectivity index is 2.16. The molecule has 0 aliphatic heterocycles. The van der Waals surface area contributed by atoms with Crippen LogP contribution in [0.25, 0.3) is 0 Å². The van der Waals surface area contributed by atoms with Crippen LogP contribution in [0.4, 0.5) is 17.6 Å². The summed E-state index contributed by atoms with van der Waals surface area (Å²) in [5.41, 5.74) is 0.285. The van der Waals surface area contributed by atoms with Gasteiger partial charge in [0.05, 0.1) is 5.92 Å². The molecule has 21 heavy (non-hydrogen) atoms. The van der Waals surface area contributed by atoms with Crippen LogP contribution in [0.15, 0.2) is 18.2 Å². The van der Waals surface area contributed by atoms with Crippen LogP contribution in [-0.4, -0.2) is 11.0 Å². The van der Waals surface area contributed by atoms with Crippen molar-refractivity contribution in [3.63, 3.8) is 0 Å². The molecule has 0 spiro atoms. The lowest BCUT2D eigenvalue weighted by Crippen LogP contribution is -2.38. The number of rotatable bonds is 3. The molecular formula is C15H16BrClF4. The SMILES string of the molecule is Fc1cccc(Cl)c1CC(Br)C1CCCCC1C(F)(F)F. The second-order valence-corrected chi connectivity index (χ2v) is 7.10. The lowest BCUT2D eigenvalue weighted by atomic mass is 9.76. The van der Waals surface area contributed by atoms with Crippen molar-refractivity contribution in [1.29, 1.82) is 0 Å². The molecule has 0 aromatic heterocycles. The van der Waals surface area contributed by atoms with Crippen LogP contribution in [0.2, 0.25) is 5.02 Å². The van der Waals surface area contributed by atoms with E-state index in [-0.39, 0.29) is 23.4 Å². The maximum absolute atomic E-state index is 13.8. The Hall–Kier alpha value is -0.290. The van der Waals surface area contributed by atoms with Crippen LogP contribution in [0.5, 0.6) is 0 Å². The van der Waals surface area contributed by atoms with E-state index in [9.17, 15) is 17.6 Å². The highest BCUT2D eigenvalue weighted by molar-refractivity contribution is 9.09. The lowest BCUT2D eigenvalue weighted by molar-refractivity contribution is -0.196. The number of benzene rings is 1. The van der Waals surface area contributed by atoms with Crippen molar-refractivity contribution < 1.29 is 17.6 Å². The van der Waals surface area contributed by atoms with Gasteiger partial charge in [-0.15, -0.1) is 0 Å². The minimum atomic E-state index is -4.20. The van der Waals surface area contributed by atoms with E-state index in [4.69, 9.17) is 11.6 Å². The molecule has 1 fully saturated rings. The molecule has 0 bridgehead atoms. The second kappa shape index (κ2) is 6.86. The zero-order chi connectivity index (χ0) is 15.6. The van der Waals surface area contributed by atoms with Crippen molar-refractivity contribution in [3.05, 3.63) is 34.6 Å². The van der Waals surface area contributed by atoms with Crippen molar-refractivity contribution in [2.45, 2.75) is 43.1 Å². The third-order valence-electron chi connectivity index (χ3n) is 4.17. The molecule has 0 amide bonds. The molecule has 6 heteroatoms. The van der Waals surface area contributed by atoms with E-state index < -0.39 is 28.7 Å². The summed E-state index contributed by atoms with van der Waals surface area (Å²) < 4.78 is 53.2. The van der Waals surface area contributed by atoms with Crippen molar-refractivity contribution in [3.8, 4) is 0 Å². The van der Waals surface area contributed by atoms with Crippen molar-refractivity contribution in [1.82, 2.24) is 0 Å². The van der Waals surface area contributed by atoms with Crippen molar-refractivity contribution in [2.75, 3.05) is 0 Å². The van der Waals surface area contributed by atoms with Gasteiger partial charge in [-0.2, -0.15) is 13.2 Å². The van der Waals surface area contributed by atoms with Crippen LogP contribution in [0.3, 0.4) is 0 Å². The Morgan fingerprint density at radius 3 is 2.52 bits per heavy atom. The third kappa shape index (κ3) is 4.13. The summed E-state index contributed by atoms with van der Waals surface area (Å²) in [6.45, 7) is 0. The largest absolute Gasteiger partial charge is 0.392 e. The molecule has 118 valence electrons. The first kappa shape index (κ1) is 17.1. The zero-order valence-corrected chi connectivity index (χ0v) is 13.6. The van der Waals surface area contributed by atoms with Crippen molar-refractivity contribution >= 4 is 27.5 Å². The van der Waals surface area contributed by atoms with Gasteiger partial charge in [-0.05, 0) is 37.3 Å². The Morgan fingerprint density at radius 2 is 1.90 bits per heavy atom. The highest BCUT2D eigenvalue weighted by Crippen LogP contribution is 2.45. The summed E-state index contributed by atoms with van der Waals surface area (Å²) in [6, 6.07) is 4.33. The van der Waals surface area contributed by atoms with E-state index in [0.717, 1.165) is 6.42 Å². The quantitative estimate of drug-likeness (QED) is 0.431. The molecule has 0 radical (unpaired) electrons. The maximum Gasteiger partial charge on any atom is 0.392 e. The molecule has 2 rings (SSSR count). The zero-order valence-electron chi connectivity index (χ0n) is 11.3. The third-order valence-corrected chi connectivity index (χ3v) is 5.52. The van der Waals surface area contributed by atoms with Gasteiger partial charge in [0.2, 0.25) is 0 Å². The van der Waals surface area contributed by atoms with Gasteiger partial charge in [-0.3, -0.25) is 0 Å². The minimum absolute atomic E-state index is 0.154. The summed E-state index contributed by atoms with van der Waals surface area (Å²) in [5, 5.41) is 0.263. The number of halogens is 6. The van der Waals surface area contributed by atoms with E-state index in [1.165, 1.54) is 12.1 Å². The van der Waals surface area contributed by atoms with Crippen LogP contribution >= 0.6 is 27.5 Å². The molecule has 3 unspecified atom stereocenters. The van der Waals surface area contributed by atoms with Gasteiger partial charge in [0.1, 0.15) is 5.82 Å². The Kier molecular flexibility index (Phi) is 5.58. The average molecular weight is 388 g/mol. The van der Waals surface area contributed by atoms with E-state index in [2.05, 4.69) is 15.9 Å². The van der Waals surface area contributed by atoms with Crippen LogP contribution in [0, 0.1) is 17.7 Å². The van der Waals surface area contributed by atoms with Gasteiger partial charge in [0, 0.05) is 15.4 Å². The Labute approximate surface area is 135 Å². The summed E-state index contributed by atoms with van der Waals surface area (Å²) in [7, 11) is 0. The number of hydrogen-bond acceptors (Lipinski definition) is 0. The normalized spacial score (nSPS) is 24.9. The highest BCUT2D eigenvalue weighted by atomic mass is 79.9. The molecule has 0 nitrogen and oxygen atoms in total. The van der Waals surface area contributed by atoms with Crippen LogP contribution in [-0.2, 0) is 6.42 Å². The van der Waals surface area contributed by atoms with Gasteiger partial charge < -0.3 is 0 Å². The van der Waals surface area contributed by atoms with E-state index in [0.29, 0.717) is 12.8 Å². The molecule has 3 atom stereocenters. The lowest BCUT2D eigenvalue weighted by Gasteiger charge is -2.36. The molecule has 1 aliphatic rings. The Bertz CT molecular complexity index is 469. The first-order chi connectivity index (χ1) is 9.80. The topological polar surface area (TPSA) is 0 Å². The molecule has 0 heterocycles. The van der Waals surface area contributed by atoms with E-state index in [1.54, 1.807) is 6.07 Å². The fourth-order valence-electron chi connectivity index (χ4n) is 3.07. The minimum Gasteiger partial charge on any atom is -0.207 e. The molecule has 1 saturated carbocycles. The monoisotopic (exact) mass is 386 g/mol. The second-order valence-electron chi connectivity index (χ2n) is 5.52. The summed E-state index contributed by atoms with van der Waals surface area (Å²) in [4.78, 5) is -0.432. The van der Waals surface area contributed by atoms with Gasteiger partial charge in [-0.1, -0.05) is 46.4 Å². The van der Waals surface area contributed by atoms with E-state index in [1.807, 2.05) is 0 Å². The predicted octanol–water partition coefficient (Wildman–Crippen LogP) is 6.15. The molecule has 1 aromatic carbocycles. The first-order valence-corrected chi connectivity index (χ1v) is 8.23. The molecule has 0 N–H and O–H groups in total. The molecule has 1 aromatic rings. The van der Waals surface area contributed by atoms with E-state index >= 15 is 0 Å². The van der Waals surface area contributed by atoms with Gasteiger partial charge in [0.15, 0.2) is 0 Å². The van der Waals surface area contributed by atoms with Gasteiger partial charge >= 0.3 is 6.18 Å². The van der Waals surface area contributed by atoms with Crippen LogP contribution < -0.4 is 0 Å². The van der Waals surface area contributed by atoms with Crippen LogP contribution in [0.1, 0.15) is 31.2 Å². The number of hydrogen-bond donors (Lipinski definition) is 0.